The number of allylic oxidation sites excluding steroid dienone is 3. The minimum absolute atomic E-state index is 0.0178. The van der Waals surface area contributed by atoms with Crippen molar-refractivity contribution in [3.63, 3.8) is 0 Å². The summed E-state index contributed by atoms with van der Waals surface area (Å²) in [7, 11) is 0. The summed E-state index contributed by atoms with van der Waals surface area (Å²) >= 11 is 0. The molecule has 0 aromatic heterocycles. The molecule has 6 aliphatic rings. The van der Waals surface area contributed by atoms with Crippen LogP contribution in [0.2, 0.25) is 0 Å². The Morgan fingerprint density at radius 2 is 1.16 bits per heavy atom. The zero-order valence-electron chi connectivity index (χ0n) is 37.0. The molecule has 306 valence electrons. The lowest BCUT2D eigenvalue weighted by molar-refractivity contribution is 0.246. The molecule has 0 saturated carbocycles. The Balaban J connectivity index is 1.13. The molecule has 0 amide bonds. The van der Waals surface area contributed by atoms with E-state index in [1.165, 1.54) is 112 Å². The Morgan fingerprint density at radius 1 is 0.556 bits per heavy atom. The van der Waals surface area contributed by atoms with Crippen molar-refractivity contribution < 1.29 is 4.74 Å². The molecule has 2 unspecified atom stereocenters. The summed E-state index contributed by atoms with van der Waals surface area (Å²) in [6, 6.07) is 58.3. The van der Waals surface area contributed by atoms with Crippen LogP contribution >= 0.6 is 0 Å². The summed E-state index contributed by atoms with van der Waals surface area (Å²) < 4.78 is 6.79. The van der Waals surface area contributed by atoms with E-state index in [1.54, 1.807) is 0 Å². The fourth-order valence-electron chi connectivity index (χ4n) is 12.9. The number of hydrogen-bond donors (Lipinski definition) is 0. The molecule has 0 saturated heterocycles. The van der Waals surface area contributed by atoms with E-state index in [1.807, 2.05) is 0 Å². The van der Waals surface area contributed by atoms with Crippen molar-refractivity contribution >= 4 is 28.1 Å². The maximum atomic E-state index is 6.79. The number of hydrogen-bond acceptors (Lipinski definition) is 2. The van der Waals surface area contributed by atoms with Crippen LogP contribution in [-0.4, -0.2) is 12.1 Å². The standard InChI is InChI=1S/C61H51NO/c1-7-47-58(43-30-28-36(59(2,3)4)32-51(43)60(47,5)6)57-44-22-11-16-26-53(44)62(37-29-31-42-41-21-12-17-27-55(41)63-56(42)33-37)54-35-52-45(34-46(54)57)40-20-10-15-25-50(40)61(52)48-23-13-8-18-38(48)39-19-9-14-24-49(39)61/h7-28,30-32,34-35,37,56H,29,33H2,1-6H3/b47-7?,58-57-. The first-order valence-electron chi connectivity index (χ1n) is 23.0. The van der Waals surface area contributed by atoms with Crippen molar-refractivity contribution in [2.24, 2.45) is 0 Å². The fourth-order valence-corrected chi connectivity index (χ4v) is 12.9. The van der Waals surface area contributed by atoms with E-state index < -0.39 is 5.41 Å². The van der Waals surface area contributed by atoms with Crippen LogP contribution in [0.15, 0.2) is 169 Å². The molecule has 1 spiro atoms. The molecule has 0 fully saturated rings. The second-order valence-electron chi connectivity index (χ2n) is 20.2. The van der Waals surface area contributed by atoms with Gasteiger partial charge < -0.3 is 9.64 Å². The van der Waals surface area contributed by atoms with Gasteiger partial charge in [0.05, 0.1) is 5.41 Å². The van der Waals surface area contributed by atoms with E-state index >= 15 is 0 Å². The van der Waals surface area contributed by atoms with E-state index in [0.29, 0.717) is 0 Å². The lowest BCUT2D eigenvalue weighted by Crippen LogP contribution is -2.39. The molecule has 7 aromatic rings. The Morgan fingerprint density at radius 3 is 1.83 bits per heavy atom. The summed E-state index contributed by atoms with van der Waals surface area (Å²) in [5, 5.41) is 0. The van der Waals surface area contributed by atoms with Crippen molar-refractivity contribution in [2.75, 3.05) is 4.90 Å². The zero-order valence-corrected chi connectivity index (χ0v) is 37.0. The maximum absolute atomic E-state index is 6.79. The zero-order chi connectivity index (χ0) is 42.6. The van der Waals surface area contributed by atoms with Gasteiger partial charge in [-0.05, 0) is 121 Å². The van der Waals surface area contributed by atoms with Gasteiger partial charge in [0.1, 0.15) is 11.9 Å². The van der Waals surface area contributed by atoms with Gasteiger partial charge >= 0.3 is 0 Å². The monoisotopic (exact) mass is 813 g/mol. The SMILES string of the molecule is CC=C1/C(=C2/c3ccccc3N(C3CC=C4c5ccccc5OC4C3)c3cc4c(cc32)-c2ccccc2C42c3ccccc3-c3ccccc32)c2ccc(C(C)(C)C)cc2C1(C)C. The third-order valence-corrected chi connectivity index (χ3v) is 15.7. The molecule has 0 N–H and O–H groups in total. The van der Waals surface area contributed by atoms with Crippen molar-refractivity contribution in [3.8, 4) is 28.0 Å². The molecule has 2 nitrogen and oxygen atoms in total. The number of benzene rings is 7. The van der Waals surface area contributed by atoms with E-state index in [4.69, 9.17) is 4.74 Å². The van der Waals surface area contributed by atoms with Crippen molar-refractivity contribution in [3.05, 3.63) is 225 Å². The van der Waals surface area contributed by atoms with Crippen LogP contribution in [0.4, 0.5) is 11.4 Å². The van der Waals surface area contributed by atoms with Crippen LogP contribution in [0.1, 0.15) is 110 Å². The van der Waals surface area contributed by atoms with Gasteiger partial charge in [-0.3, -0.25) is 0 Å². The number of nitrogens with zero attached hydrogens (tertiary/aromatic N) is 1. The van der Waals surface area contributed by atoms with E-state index in [0.717, 1.165) is 18.6 Å². The first kappa shape index (κ1) is 37.0. The highest BCUT2D eigenvalue weighted by molar-refractivity contribution is 6.15. The van der Waals surface area contributed by atoms with Crippen LogP contribution in [-0.2, 0) is 16.2 Å². The number of rotatable bonds is 1. The van der Waals surface area contributed by atoms with Crippen LogP contribution in [0.3, 0.4) is 0 Å². The molecule has 0 bridgehead atoms. The van der Waals surface area contributed by atoms with Crippen LogP contribution in [0.25, 0.3) is 39.0 Å². The largest absolute Gasteiger partial charge is 0.485 e. The quantitative estimate of drug-likeness (QED) is 0.164. The highest BCUT2D eigenvalue weighted by atomic mass is 16.5. The van der Waals surface area contributed by atoms with Crippen LogP contribution in [0.5, 0.6) is 5.75 Å². The van der Waals surface area contributed by atoms with Gasteiger partial charge in [-0.15, -0.1) is 0 Å². The number of anilines is 2. The Hall–Kier alpha value is -6.64. The maximum Gasteiger partial charge on any atom is 0.127 e. The average Bonchev–Trinajstić information content (AvgIpc) is 3.98. The van der Waals surface area contributed by atoms with Crippen molar-refractivity contribution in [1.29, 1.82) is 0 Å². The van der Waals surface area contributed by atoms with E-state index in [2.05, 4.69) is 210 Å². The molecule has 2 heterocycles. The minimum Gasteiger partial charge on any atom is -0.485 e. The summed E-state index contributed by atoms with van der Waals surface area (Å²) in [6.45, 7) is 14.1. The summed E-state index contributed by atoms with van der Waals surface area (Å²) in [5.41, 5.74) is 26.2. The topological polar surface area (TPSA) is 12.5 Å². The molecule has 2 aliphatic heterocycles. The fraction of sp³-hybridized carbons (Fsp3) is 0.213. The molecular formula is C61H51NO. The lowest BCUT2D eigenvalue weighted by Gasteiger charge is -2.43. The first-order chi connectivity index (χ1) is 30.6. The predicted octanol–water partition coefficient (Wildman–Crippen LogP) is 15.0. The van der Waals surface area contributed by atoms with Gasteiger partial charge in [0.25, 0.3) is 0 Å². The Bertz CT molecular complexity index is 3210. The summed E-state index contributed by atoms with van der Waals surface area (Å²) in [5.74, 6) is 1.01. The molecule has 63 heavy (non-hydrogen) atoms. The van der Waals surface area contributed by atoms with E-state index in [-0.39, 0.29) is 23.0 Å². The van der Waals surface area contributed by atoms with Crippen LogP contribution < -0.4 is 9.64 Å². The van der Waals surface area contributed by atoms with Gasteiger partial charge in [-0.2, -0.15) is 0 Å². The van der Waals surface area contributed by atoms with Gasteiger partial charge in [0.15, 0.2) is 0 Å². The molecule has 13 rings (SSSR count). The minimum atomic E-state index is -0.445. The van der Waals surface area contributed by atoms with Gasteiger partial charge in [0, 0.05) is 51.5 Å². The molecular weight excluding hydrogens is 763 g/mol. The normalized spacial score (nSPS) is 21.7. The Kier molecular flexibility index (Phi) is 7.47. The van der Waals surface area contributed by atoms with E-state index in [9.17, 15) is 0 Å². The van der Waals surface area contributed by atoms with Crippen LogP contribution in [0, 0.1) is 0 Å². The third kappa shape index (κ3) is 4.74. The van der Waals surface area contributed by atoms with Gasteiger partial charge in [-0.25, -0.2) is 0 Å². The highest BCUT2D eigenvalue weighted by Gasteiger charge is 2.53. The van der Waals surface area contributed by atoms with Crippen molar-refractivity contribution in [2.45, 2.75) is 82.8 Å². The smallest absolute Gasteiger partial charge is 0.127 e. The molecule has 2 atom stereocenters. The summed E-state index contributed by atoms with van der Waals surface area (Å²) in [6.07, 6.45) is 6.74. The first-order valence-corrected chi connectivity index (χ1v) is 23.0. The predicted molar refractivity (Wildman–Crippen MR) is 261 cm³/mol. The number of fused-ring (bicyclic) bond motifs is 16. The molecule has 4 aliphatic carbocycles. The Labute approximate surface area is 371 Å². The molecule has 2 heteroatoms. The second-order valence-corrected chi connectivity index (χ2v) is 20.2. The summed E-state index contributed by atoms with van der Waals surface area (Å²) in [4.78, 5) is 2.73. The van der Waals surface area contributed by atoms with Crippen molar-refractivity contribution in [1.82, 2.24) is 0 Å². The lowest BCUT2D eigenvalue weighted by atomic mass is 9.70. The van der Waals surface area contributed by atoms with Gasteiger partial charge in [0.2, 0.25) is 0 Å². The second kappa shape index (κ2) is 12.7. The third-order valence-electron chi connectivity index (χ3n) is 15.7. The highest BCUT2D eigenvalue weighted by Crippen LogP contribution is 2.66. The van der Waals surface area contributed by atoms with Gasteiger partial charge in [-0.1, -0.05) is 174 Å². The molecule has 0 radical (unpaired) electrons. The number of para-hydroxylation sites is 2. The number of ether oxygens (including phenoxy) is 1. The average molecular weight is 814 g/mol. The molecule has 7 aromatic carbocycles.